The Labute approximate surface area is 194 Å². The van der Waals surface area contributed by atoms with Gasteiger partial charge in [-0.15, -0.1) is 24.0 Å². The lowest BCUT2D eigenvalue weighted by atomic mass is 10.1. The Morgan fingerprint density at radius 1 is 1.13 bits per heavy atom. The van der Waals surface area contributed by atoms with E-state index in [9.17, 15) is 4.79 Å². The van der Waals surface area contributed by atoms with Gasteiger partial charge in [0.1, 0.15) is 11.5 Å². The number of likely N-dealkylation sites (tertiary alicyclic amines) is 1. The minimum absolute atomic E-state index is 0. The normalized spacial score (nSPS) is 14.6. The van der Waals surface area contributed by atoms with E-state index in [1.54, 1.807) is 4.90 Å². The number of ether oxygens (including phenoxy) is 2. The van der Waals surface area contributed by atoms with Crippen molar-refractivity contribution in [2.75, 3.05) is 19.7 Å². The van der Waals surface area contributed by atoms with Crippen LogP contribution in [-0.4, -0.2) is 42.7 Å². The monoisotopic (exact) mass is 524 g/mol. The van der Waals surface area contributed by atoms with Gasteiger partial charge in [-0.1, -0.05) is 30.3 Å². The highest BCUT2D eigenvalue weighted by Gasteiger charge is 2.23. The summed E-state index contributed by atoms with van der Waals surface area (Å²) in [6.45, 7) is 3.98. The number of rotatable bonds is 6. The van der Waals surface area contributed by atoms with E-state index in [2.05, 4.69) is 10.3 Å². The Hall–Kier alpha value is -2.49. The summed E-state index contributed by atoms with van der Waals surface area (Å²) in [5, 5.41) is 3.25. The molecule has 1 aliphatic heterocycles. The van der Waals surface area contributed by atoms with Crippen LogP contribution in [0.1, 0.15) is 25.3 Å². The van der Waals surface area contributed by atoms with Crippen molar-refractivity contribution in [1.29, 1.82) is 0 Å². The molecule has 1 aliphatic rings. The van der Waals surface area contributed by atoms with E-state index in [0.29, 0.717) is 32.2 Å². The number of piperidine rings is 1. The average molecular weight is 524 g/mol. The van der Waals surface area contributed by atoms with Crippen LogP contribution in [-0.2, 0) is 11.3 Å². The predicted molar refractivity (Wildman–Crippen MR) is 128 cm³/mol. The number of halogens is 1. The number of aliphatic imine (C=N–C) groups is 1. The fraction of sp³-hybridized carbons (Fsp3) is 0.364. The number of hydrogen-bond acceptors (Lipinski definition) is 4. The molecule has 30 heavy (non-hydrogen) atoms. The highest BCUT2D eigenvalue weighted by atomic mass is 127. The number of carbonyl (C=O) groups is 1. The molecular weight excluding hydrogens is 495 g/mol. The van der Waals surface area contributed by atoms with Crippen molar-refractivity contribution < 1.29 is 14.3 Å². The lowest BCUT2D eigenvalue weighted by Crippen LogP contribution is -2.48. The molecular formula is C22H29IN4O3. The first kappa shape index (κ1) is 23.8. The van der Waals surface area contributed by atoms with Gasteiger partial charge in [-0.05, 0) is 49.6 Å². The zero-order chi connectivity index (χ0) is 20.5. The molecule has 0 saturated carbocycles. The molecule has 0 spiro atoms. The van der Waals surface area contributed by atoms with Crippen LogP contribution >= 0.6 is 24.0 Å². The summed E-state index contributed by atoms with van der Waals surface area (Å²) in [7, 11) is 0. The van der Waals surface area contributed by atoms with Gasteiger partial charge in [-0.25, -0.2) is 9.79 Å². The van der Waals surface area contributed by atoms with Gasteiger partial charge in [-0.2, -0.15) is 0 Å². The van der Waals surface area contributed by atoms with Crippen molar-refractivity contribution in [3.05, 3.63) is 60.2 Å². The number of guanidine groups is 1. The van der Waals surface area contributed by atoms with E-state index in [-0.39, 0.29) is 36.1 Å². The first-order valence-corrected chi connectivity index (χ1v) is 9.94. The number of nitrogens with zero attached hydrogens (tertiary/aromatic N) is 2. The van der Waals surface area contributed by atoms with Gasteiger partial charge in [0.2, 0.25) is 0 Å². The summed E-state index contributed by atoms with van der Waals surface area (Å²) < 4.78 is 10.9. The third-order valence-electron chi connectivity index (χ3n) is 4.68. The molecule has 3 N–H and O–H groups in total. The molecule has 162 valence electrons. The fourth-order valence-electron chi connectivity index (χ4n) is 3.18. The molecule has 1 saturated heterocycles. The smallest absolute Gasteiger partial charge is 0.409 e. The van der Waals surface area contributed by atoms with Crippen LogP contribution in [0.2, 0.25) is 0 Å². The topological polar surface area (TPSA) is 89.2 Å². The quantitative estimate of drug-likeness (QED) is 0.337. The second-order valence-corrected chi connectivity index (χ2v) is 6.87. The summed E-state index contributed by atoms with van der Waals surface area (Å²) in [4.78, 5) is 17.9. The maximum absolute atomic E-state index is 11.8. The summed E-state index contributed by atoms with van der Waals surface area (Å²) in [6.07, 6.45) is 1.38. The van der Waals surface area contributed by atoms with E-state index >= 15 is 0 Å². The van der Waals surface area contributed by atoms with Crippen LogP contribution in [0.25, 0.3) is 0 Å². The third-order valence-corrected chi connectivity index (χ3v) is 4.68. The largest absolute Gasteiger partial charge is 0.457 e. The van der Waals surface area contributed by atoms with E-state index in [4.69, 9.17) is 15.2 Å². The molecule has 0 atom stereocenters. The van der Waals surface area contributed by atoms with E-state index in [1.165, 1.54) is 0 Å². The number of hydrogen-bond donors (Lipinski definition) is 2. The van der Waals surface area contributed by atoms with E-state index in [0.717, 1.165) is 29.9 Å². The number of carbonyl (C=O) groups excluding carboxylic acids is 1. The highest BCUT2D eigenvalue weighted by Crippen LogP contribution is 2.22. The molecule has 0 radical (unpaired) electrons. The van der Waals surface area contributed by atoms with Gasteiger partial charge in [0.25, 0.3) is 0 Å². The molecule has 1 heterocycles. The van der Waals surface area contributed by atoms with Crippen molar-refractivity contribution in [3.63, 3.8) is 0 Å². The Morgan fingerprint density at radius 3 is 2.53 bits per heavy atom. The maximum atomic E-state index is 11.8. The summed E-state index contributed by atoms with van der Waals surface area (Å²) in [5.41, 5.74) is 7.07. The summed E-state index contributed by atoms with van der Waals surface area (Å²) in [6, 6.07) is 17.7. The van der Waals surface area contributed by atoms with Gasteiger partial charge >= 0.3 is 6.09 Å². The molecule has 0 aromatic heterocycles. The van der Waals surface area contributed by atoms with Crippen molar-refractivity contribution in [3.8, 4) is 11.5 Å². The van der Waals surface area contributed by atoms with E-state index in [1.807, 2.05) is 61.5 Å². The number of nitrogens with one attached hydrogen (secondary N) is 1. The van der Waals surface area contributed by atoms with Crippen LogP contribution in [0.5, 0.6) is 11.5 Å². The lowest BCUT2D eigenvalue weighted by Gasteiger charge is -2.31. The molecule has 0 bridgehead atoms. The van der Waals surface area contributed by atoms with Crippen molar-refractivity contribution in [2.24, 2.45) is 10.7 Å². The Bertz CT molecular complexity index is 824. The van der Waals surface area contributed by atoms with Crippen molar-refractivity contribution in [1.82, 2.24) is 10.2 Å². The minimum Gasteiger partial charge on any atom is -0.457 e. The van der Waals surface area contributed by atoms with Crippen LogP contribution in [0.4, 0.5) is 4.79 Å². The molecule has 0 unspecified atom stereocenters. The average Bonchev–Trinajstić information content (AvgIpc) is 2.74. The first-order valence-electron chi connectivity index (χ1n) is 9.94. The summed E-state index contributed by atoms with van der Waals surface area (Å²) in [5.74, 6) is 1.97. The predicted octanol–water partition coefficient (Wildman–Crippen LogP) is 4.12. The third kappa shape index (κ3) is 7.40. The van der Waals surface area contributed by atoms with Crippen molar-refractivity contribution in [2.45, 2.75) is 32.4 Å². The number of amides is 1. The Balaban J connectivity index is 0.00000320. The first-order chi connectivity index (χ1) is 14.1. The van der Waals surface area contributed by atoms with Crippen molar-refractivity contribution >= 4 is 36.0 Å². The maximum Gasteiger partial charge on any atom is 0.409 e. The number of nitrogens with two attached hydrogens (primary N) is 1. The Morgan fingerprint density at radius 2 is 1.83 bits per heavy atom. The van der Waals surface area contributed by atoms with Crippen LogP contribution < -0.4 is 15.8 Å². The van der Waals surface area contributed by atoms with Gasteiger partial charge in [0.15, 0.2) is 5.96 Å². The minimum atomic E-state index is -0.245. The zero-order valence-electron chi connectivity index (χ0n) is 17.1. The SMILES string of the molecule is CCOC(=O)N1CCC(NC(N)=NCc2cccc(Oc3ccccc3)c2)CC1.I. The van der Waals surface area contributed by atoms with Gasteiger partial charge in [-0.3, -0.25) is 0 Å². The van der Waals surface area contributed by atoms with Crippen LogP contribution in [0.3, 0.4) is 0 Å². The zero-order valence-corrected chi connectivity index (χ0v) is 19.5. The number of para-hydroxylation sites is 1. The molecule has 2 aromatic carbocycles. The molecule has 3 rings (SSSR count). The second-order valence-electron chi connectivity index (χ2n) is 6.87. The van der Waals surface area contributed by atoms with Crippen LogP contribution in [0.15, 0.2) is 59.6 Å². The molecule has 1 amide bonds. The Kier molecular flexibility index (Phi) is 9.72. The molecule has 2 aromatic rings. The fourth-order valence-corrected chi connectivity index (χ4v) is 3.18. The molecule has 0 aliphatic carbocycles. The van der Waals surface area contributed by atoms with Gasteiger partial charge < -0.3 is 25.4 Å². The van der Waals surface area contributed by atoms with Crippen LogP contribution in [0, 0.1) is 0 Å². The molecule has 7 nitrogen and oxygen atoms in total. The number of benzene rings is 2. The summed E-state index contributed by atoms with van der Waals surface area (Å²) >= 11 is 0. The van der Waals surface area contributed by atoms with Gasteiger partial charge in [0.05, 0.1) is 13.2 Å². The second kappa shape index (κ2) is 12.3. The van der Waals surface area contributed by atoms with Gasteiger partial charge in [0, 0.05) is 19.1 Å². The standard InChI is InChI=1S/C22H28N4O3.HI/c1-2-28-22(27)26-13-11-18(12-14-26)25-21(23)24-16-17-7-6-10-20(15-17)29-19-8-4-3-5-9-19;/h3-10,15,18H,2,11-14,16H2,1H3,(H3,23,24,25);1H. The highest BCUT2D eigenvalue weighted by molar-refractivity contribution is 14.0. The molecule has 8 heteroatoms. The lowest BCUT2D eigenvalue weighted by molar-refractivity contribution is 0.0963. The molecule has 1 fully saturated rings. The van der Waals surface area contributed by atoms with E-state index < -0.39 is 0 Å².